The van der Waals surface area contributed by atoms with Gasteiger partial charge in [0.2, 0.25) is 5.82 Å². The lowest BCUT2D eigenvalue weighted by molar-refractivity contribution is -0.148. The Morgan fingerprint density at radius 3 is 2.36 bits per heavy atom. The first-order valence-corrected chi connectivity index (χ1v) is 13.4. The Balaban J connectivity index is 1.57. The Labute approximate surface area is 229 Å². The number of ether oxygens (including phenoxy) is 1. The van der Waals surface area contributed by atoms with Crippen LogP contribution in [0.15, 0.2) is 72.8 Å². The predicted molar refractivity (Wildman–Crippen MR) is 151 cm³/mol. The predicted octanol–water partition coefficient (Wildman–Crippen LogP) is 5.76. The van der Waals surface area contributed by atoms with Gasteiger partial charge in [-0.1, -0.05) is 93.9 Å². The lowest BCUT2D eigenvalue weighted by Gasteiger charge is -2.21. The van der Waals surface area contributed by atoms with Gasteiger partial charge in [-0.3, -0.25) is 9.59 Å². The number of unbranched alkanes of at least 4 members (excludes halogenated alkanes) is 1. The van der Waals surface area contributed by atoms with Gasteiger partial charge in [0.25, 0.3) is 0 Å². The Morgan fingerprint density at radius 2 is 1.67 bits per heavy atom. The van der Waals surface area contributed by atoms with Crippen LogP contribution < -0.4 is 5.32 Å². The fourth-order valence-corrected chi connectivity index (χ4v) is 4.47. The van der Waals surface area contributed by atoms with Crippen LogP contribution in [0.1, 0.15) is 61.5 Å². The fourth-order valence-electron chi connectivity index (χ4n) is 4.47. The van der Waals surface area contributed by atoms with Gasteiger partial charge >= 0.3 is 5.97 Å². The van der Waals surface area contributed by atoms with E-state index in [0.29, 0.717) is 24.4 Å². The number of aromatic amines is 1. The second kappa shape index (κ2) is 13.6. The summed E-state index contributed by atoms with van der Waals surface area (Å²) in [6, 6.07) is 22.8. The van der Waals surface area contributed by atoms with Crippen LogP contribution in [0, 0.1) is 5.92 Å². The highest BCUT2D eigenvalue weighted by Gasteiger charge is 2.24. The van der Waals surface area contributed by atoms with Crippen molar-refractivity contribution in [2.45, 2.75) is 59.2 Å². The van der Waals surface area contributed by atoms with Crippen LogP contribution in [-0.2, 0) is 22.7 Å². The molecule has 2 N–H and O–H groups in total. The number of carbonyl (C=O) groups excluding carboxylic acids is 2. The third kappa shape index (κ3) is 7.23. The van der Waals surface area contributed by atoms with Gasteiger partial charge in [0.05, 0.1) is 0 Å². The number of H-pyrrole nitrogens is 1. The van der Waals surface area contributed by atoms with Crippen LogP contribution in [0.25, 0.3) is 22.5 Å². The lowest BCUT2D eigenvalue weighted by atomic mass is 9.90. The number of Topliss-reactive ketones (excluding diaryl/α,β-unsaturated/α-hetero) is 1. The number of esters is 1. The van der Waals surface area contributed by atoms with E-state index in [1.807, 2.05) is 86.6 Å². The molecule has 1 atom stereocenters. The molecule has 8 nitrogen and oxygen atoms in total. The molecule has 0 bridgehead atoms. The quantitative estimate of drug-likeness (QED) is 0.169. The number of nitrogens with zero attached hydrogens (tertiary/aromatic N) is 3. The summed E-state index contributed by atoms with van der Waals surface area (Å²) >= 11 is 0. The van der Waals surface area contributed by atoms with Gasteiger partial charge < -0.3 is 10.1 Å². The van der Waals surface area contributed by atoms with Crippen LogP contribution >= 0.6 is 0 Å². The van der Waals surface area contributed by atoms with Crippen molar-refractivity contribution in [3.8, 4) is 22.5 Å². The molecule has 0 spiro atoms. The summed E-state index contributed by atoms with van der Waals surface area (Å²) in [5.74, 6) is 0.287. The van der Waals surface area contributed by atoms with Gasteiger partial charge in [-0.05, 0) is 45.9 Å². The molecule has 0 unspecified atom stereocenters. The van der Waals surface area contributed by atoms with E-state index in [4.69, 9.17) is 4.74 Å². The summed E-state index contributed by atoms with van der Waals surface area (Å²) in [7, 11) is 0. The second-order valence-electron chi connectivity index (χ2n) is 9.88. The van der Waals surface area contributed by atoms with Crippen LogP contribution in [0.5, 0.6) is 0 Å². The Morgan fingerprint density at radius 1 is 0.923 bits per heavy atom. The first-order valence-electron chi connectivity index (χ1n) is 13.4. The number of rotatable bonds is 13. The molecular weight excluding hydrogens is 490 g/mol. The molecule has 0 saturated heterocycles. The average Bonchev–Trinajstić information content (AvgIpc) is 3.50. The molecule has 0 amide bonds. The number of nitrogens with one attached hydrogen (secondary N) is 2. The van der Waals surface area contributed by atoms with Crippen LogP contribution in [0.4, 0.5) is 0 Å². The lowest BCUT2D eigenvalue weighted by Crippen LogP contribution is -2.41. The van der Waals surface area contributed by atoms with Crippen molar-refractivity contribution in [1.29, 1.82) is 0 Å². The number of hydrogen-bond acceptors (Lipinski definition) is 7. The van der Waals surface area contributed by atoms with Crippen molar-refractivity contribution in [2.24, 2.45) is 5.92 Å². The van der Waals surface area contributed by atoms with E-state index in [2.05, 4.69) is 32.9 Å². The van der Waals surface area contributed by atoms with Gasteiger partial charge in [-0.25, -0.2) is 0 Å². The number of ketones is 1. The normalized spacial score (nSPS) is 11.9. The van der Waals surface area contributed by atoms with E-state index in [1.165, 1.54) is 0 Å². The van der Waals surface area contributed by atoms with Crippen LogP contribution in [0.3, 0.4) is 0 Å². The number of aromatic nitrogens is 4. The maximum absolute atomic E-state index is 13.4. The van der Waals surface area contributed by atoms with Gasteiger partial charge in [0.1, 0.15) is 12.6 Å². The molecular formula is C31H35N5O3. The summed E-state index contributed by atoms with van der Waals surface area (Å²) in [4.78, 5) is 26.3. The summed E-state index contributed by atoms with van der Waals surface area (Å²) < 4.78 is 5.60. The molecule has 0 saturated carbocycles. The SMILES string of the molecule is CCCCC(=O)c1cc(CN[C@H](C(=O)OCc2ccccc2)C(C)C)ccc1-c1ccccc1-c1nn[nH]n1. The van der Waals surface area contributed by atoms with Crippen LogP contribution in [0.2, 0.25) is 0 Å². The van der Waals surface area contributed by atoms with Gasteiger partial charge in [0.15, 0.2) is 5.78 Å². The molecule has 1 aromatic heterocycles. The standard InChI is InChI=1S/C31H35N5O3/c1-4-5-15-28(37)27-18-23(16-17-25(27)24-13-9-10-14-26(24)30-33-35-36-34-30)19-32-29(21(2)3)31(38)39-20-22-11-7-6-8-12-22/h6-14,16-18,21,29,32H,4-5,15,19-20H2,1-3H3,(H,33,34,35,36)/t29-/m0/s1. The van der Waals surface area contributed by atoms with E-state index >= 15 is 0 Å². The maximum atomic E-state index is 13.4. The molecule has 0 radical (unpaired) electrons. The number of benzene rings is 3. The van der Waals surface area contributed by atoms with E-state index in [-0.39, 0.29) is 24.3 Å². The zero-order valence-corrected chi connectivity index (χ0v) is 22.7. The molecule has 39 heavy (non-hydrogen) atoms. The summed E-state index contributed by atoms with van der Waals surface area (Å²) in [5.41, 5.74) is 4.98. The van der Waals surface area contributed by atoms with Crippen molar-refractivity contribution in [3.05, 3.63) is 89.5 Å². The third-order valence-electron chi connectivity index (χ3n) is 6.62. The molecule has 3 aromatic carbocycles. The van der Waals surface area contributed by atoms with E-state index in [1.54, 1.807) is 0 Å². The van der Waals surface area contributed by atoms with Gasteiger partial charge in [0, 0.05) is 24.1 Å². The minimum Gasteiger partial charge on any atom is -0.460 e. The first-order chi connectivity index (χ1) is 19.0. The number of tetrazole rings is 1. The average molecular weight is 526 g/mol. The highest BCUT2D eigenvalue weighted by Crippen LogP contribution is 2.33. The highest BCUT2D eigenvalue weighted by atomic mass is 16.5. The Hall–Kier alpha value is -4.17. The topological polar surface area (TPSA) is 110 Å². The van der Waals surface area contributed by atoms with E-state index < -0.39 is 6.04 Å². The highest BCUT2D eigenvalue weighted by molar-refractivity contribution is 6.04. The van der Waals surface area contributed by atoms with E-state index in [0.717, 1.165) is 40.7 Å². The van der Waals surface area contributed by atoms with Crippen molar-refractivity contribution >= 4 is 11.8 Å². The molecule has 0 aliphatic rings. The van der Waals surface area contributed by atoms with Crippen molar-refractivity contribution in [1.82, 2.24) is 25.9 Å². The molecule has 0 fully saturated rings. The zero-order chi connectivity index (χ0) is 27.6. The zero-order valence-electron chi connectivity index (χ0n) is 22.7. The van der Waals surface area contributed by atoms with E-state index in [9.17, 15) is 9.59 Å². The fraction of sp³-hybridized carbons (Fsp3) is 0.323. The smallest absolute Gasteiger partial charge is 0.323 e. The Kier molecular flexibility index (Phi) is 9.69. The monoisotopic (exact) mass is 525 g/mol. The summed E-state index contributed by atoms with van der Waals surface area (Å²) in [6.45, 7) is 6.69. The summed E-state index contributed by atoms with van der Waals surface area (Å²) in [5, 5.41) is 17.8. The van der Waals surface area contributed by atoms with Crippen molar-refractivity contribution < 1.29 is 14.3 Å². The third-order valence-corrected chi connectivity index (χ3v) is 6.62. The van der Waals surface area contributed by atoms with Crippen molar-refractivity contribution in [3.63, 3.8) is 0 Å². The largest absolute Gasteiger partial charge is 0.460 e. The molecule has 8 heteroatoms. The van der Waals surface area contributed by atoms with Gasteiger partial charge in [-0.15, -0.1) is 10.2 Å². The number of carbonyl (C=O) groups is 2. The number of hydrogen-bond donors (Lipinski definition) is 2. The minimum absolute atomic E-state index is 0.0278. The molecule has 4 rings (SSSR count). The molecule has 0 aliphatic heterocycles. The minimum atomic E-state index is -0.480. The Bertz CT molecular complexity index is 1370. The second-order valence-corrected chi connectivity index (χ2v) is 9.88. The molecule has 202 valence electrons. The first kappa shape index (κ1) is 27.9. The van der Waals surface area contributed by atoms with Crippen molar-refractivity contribution in [2.75, 3.05) is 0 Å². The molecule has 0 aliphatic carbocycles. The maximum Gasteiger partial charge on any atom is 0.323 e. The molecule has 4 aromatic rings. The summed E-state index contributed by atoms with van der Waals surface area (Å²) in [6.07, 6.45) is 2.21. The molecule has 1 heterocycles. The van der Waals surface area contributed by atoms with Gasteiger partial charge in [-0.2, -0.15) is 5.21 Å². The van der Waals surface area contributed by atoms with Crippen LogP contribution in [-0.4, -0.2) is 38.4 Å².